The van der Waals surface area contributed by atoms with E-state index in [0.717, 1.165) is 25.2 Å². The molecule has 1 unspecified atom stereocenters. The molecule has 2 heterocycles. The van der Waals surface area contributed by atoms with Crippen molar-refractivity contribution in [2.24, 2.45) is 5.92 Å². The Morgan fingerprint density at radius 3 is 2.07 bits per heavy atom. The summed E-state index contributed by atoms with van der Waals surface area (Å²) in [7, 11) is 5.73. The largest absolute Gasteiger partial charge is 0.383 e. The van der Waals surface area contributed by atoms with Gasteiger partial charge < -0.3 is 25.3 Å². The molecule has 43 heavy (non-hydrogen) atoms. The summed E-state index contributed by atoms with van der Waals surface area (Å²) < 4.78 is 0. The molecule has 2 N–H and O–H groups in total. The molecule has 0 bridgehead atoms. The molecule has 1 atom stereocenters. The van der Waals surface area contributed by atoms with Gasteiger partial charge in [0, 0.05) is 32.4 Å². The minimum atomic E-state index is -0.429. The van der Waals surface area contributed by atoms with E-state index in [9.17, 15) is 14.9 Å². The fourth-order valence-electron chi connectivity index (χ4n) is 3.81. The molecule has 3 rings (SSSR count). The zero-order chi connectivity index (χ0) is 33.4. The van der Waals surface area contributed by atoms with Gasteiger partial charge in [0.25, 0.3) is 5.91 Å². The number of thioether (sulfide) groups is 1. The van der Waals surface area contributed by atoms with Crippen LogP contribution in [-0.4, -0.2) is 92.2 Å². The summed E-state index contributed by atoms with van der Waals surface area (Å²) in [6, 6.07) is 10.3. The summed E-state index contributed by atoms with van der Waals surface area (Å²) in [6.45, 7) is 23.7. The molecular weight excluding hydrogens is 556 g/mol. The van der Waals surface area contributed by atoms with Crippen LogP contribution >= 0.6 is 11.8 Å². The first-order valence-corrected chi connectivity index (χ1v) is 17.1. The molecule has 0 saturated carbocycles. The van der Waals surface area contributed by atoms with Crippen LogP contribution in [0.5, 0.6) is 0 Å². The van der Waals surface area contributed by atoms with E-state index in [2.05, 4.69) is 53.6 Å². The van der Waals surface area contributed by atoms with Gasteiger partial charge in [0.2, 0.25) is 5.91 Å². The minimum absolute atomic E-state index is 0.00337. The second-order valence-corrected chi connectivity index (χ2v) is 11.4. The van der Waals surface area contributed by atoms with Crippen LogP contribution in [0.1, 0.15) is 80.7 Å². The number of nitrogens with zero attached hydrogens (tertiary/aromatic N) is 4. The first-order valence-electron chi connectivity index (χ1n) is 16.2. The van der Waals surface area contributed by atoms with E-state index in [0.29, 0.717) is 18.1 Å². The third-order valence-electron chi connectivity index (χ3n) is 6.38. The summed E-state index contributed by atoms with van der Waals surface area (Å²) >= 11 is 1.27. The van der Waals surface area contributed by atoms with E-state index < -0.39 is 5.91 Å². The van der Waals surface area contributed by atoms with Crippen molar-refractivity contribution in [3.05, 3.63) is 40.4 Å². The normalized spacial score (nSPS) is 16.8. The highest BCUT2D eigenvalue weighted by Crippen LogP contribution is 2.36. The number of anilines is 1. The molecule has 1 aromatic rings. The van der Waals surface area contributed by atoms with E-state index in [-0.39, 0.29) is 22.6 Å². The number of nitrogens with one attached hydrogen (secondary N) is 2. The van der Waals surface area contributed by atoms with Gasteiger partial charge in [-0.3, -0.25) is 9.59 Å². The minimum Gasteiger partial charge on any atom is -0.383 e. The third kappa shape index (κ3) is 16.8. The lowest BCUT2D eigenvalue weighted by Crippen LogP contribution is -2.32. The molecular formula is C34H62N6O2S. The van der Waals surface area contributed by atoms with Crippen molar-refractivity contribution in [1.82, 2.24) is 20.0 Å². The standard InChI is InChI=1S/C24H33N5O2S.C4H11N.3C2H6/c1-17(2)15-27-22(30)20(14-25)24-28(3)23(31)21(32-24)16-26-19-8-6-18(7-9-19)10-13-29-11-4-5-12-29;1-4-5(2)3;3*1-2/h6-9,17,21,26H,4-5,10-13,15-16H2,1-3H3,(H,27,30);4H2,1-3H3;3*1-2H3/b24-20-;;;;. The highest BCUT2D eigenvalue weighted by atomic mass is 32.2. The van der Waals surface area contributed by atoms with Crippen LogP contribution in [0.25, 0.3) is 0 Å². The number of amides is 2. The molecule has 0 aliphatic carbocycles. The van der Waals surface area contributed by atoms with Crippen LogP contribution in [0.2, 0.25) is 0 Å². The molecule has 1 aromatic carbocycles. The van der Waals surface area contributed by atoms with Gasteiger partial charge in [0.05, 0.1) is 0 Å². The Balaban J connectivity index is 0. The van der Waals surface area contributed by atoms with Crippen molar-refractivity contribution in [3.8, 4) is 6.07 Å². The smallest absolute Gasteiger partial charge is 0.264 e. The number of benzene rings is 1. The van der Waals surface area contributed by atoms with E-state index in [1.165, 1.54) is 48.2 Å². The second-order valence-electron chi connectivity index (χ2n) is 10.2. The molecule has 0 radical (unpaired) electrons. The Morgan fingerprint density at radius 1 is 1.07 bits per heavy atom. The van der Waals surface area contributed by atoms with Gasteiger partial charge in [0.15, 0.2) is 0 Å². The maximum atomic E-state index is 12.7. The van der Waals surface area contributed by atoms with Crippen molar-refractivity contribution in [2.45, 2.75) is 86.8 Å². The van der Waals surface area contributed by atoms with Crippen LogP contribution < -0.4 is 10.6 Å². The van der Waals surface area contributed by atoms with Crippen molar-refractivity contribution >= 4 is 29.3 Å². The number of nitriles is 1. The number of carbonyl (C=O) groups is 2. The highest BCUT2D eigenvalue weighted by Gasteiger charge is 2.37. The maximum absolute atomic E-state index is 12.7. The monoisotopic (exact) mass is 618 g/mol. The fourth-order valence-corrected chi connectivity index (χ4v) is 5.01. The van der Waals surface area contributed by atoms with Gasteiger partial charge in [-0.2, -0.15) is 5.26 Å². The lowest BCUT2D eigenvalue weighted by molar-refractivity contribution is -0.126. The van der Waals surface area contributed by atoms with Gasteiger partial charge in [-0.25, -0.2) is 0 Å². The first-order chi connectivity index (χ1) is 20.7. The fraction of sp³-hybridized carbons (Fsp3) is 0.676. The molecule has 246 valence electrons. The molecule has 9 heteroatoms. The first kappa shape index (κ1) is 42.6. The van der Waals surface area contributed by atoms with E-state index >= 15 is 0 Å². The summed E-state index contributed by atoms with van der Waals surface area (Å²) in [6.07, 6.45) is 3.67. The third-order valence-corrected chi connectivity index (χ3v) is 7.74. The molecule has 2 fully saturated rings. The lowest BCUT2D eigenvalue weighted by atomic mass is 10.1. The number of hydrogen-bond acceptors (Lipinski definition) is 7. The Kier molecular flexibility index (Phi) is 25.7. The zero-order valence-corrected chi connectivity index (χ0v) is 30.2. The lowest BCUT2D eigenvalue weighted by Gasteiger charge is -2.14. The van der Waals surface area contributed by atoms with Crippen LogP contribution in [-0.2, 0) is 16.0 Å². The Bertz CT molecular complexity index is 951. The Labute approximate surface area is 268 Å². The predicted molar refractivity (Wildman–Crippen MR) is 187 cm³/mol. The van der Waals surface area contributed by atoms with E-state index in [1.54, 1.807) is 7.05 Å². The highest BCUT2D eigenvalue weighted by molar-refractivity contribution is 8.04. The van der Waals surface area contributed by atoms with Crippen LogP contribution in [0.4, 0.5) is 5.69 Å². The predicted octanol–water partition coefficient (Wildman–Crippen LogP) is 6.46. The van der Waals surface area contributed by atoms with Gasteiger partial charge in [0.1, 0.15) is 21.9 Å². The summed E-state index contributed by atoms with van der Waals surface area (Å²) in [5.74, 6) is -0.256. The van der Waals surface area contributed by atoms with Gasteiger partial charge in [-0.1, -0.05) is 86.2 Å². The van der Waals surface area contributed by atoms with Gasteiger partial charge >= 0.3 is 0 Å². The van der Waals surface area contributed by atoms with Crippen LogP contribution in [0.15, 0.2) is 34.9 Å². The van der Waals surface area contributed by atoms with Crippen molar-refractivity contribution in [3.63, 3.8) is 0 Å². The molecule has 0 spiro atoms. The number of carbonyl (C=O) groups excluding carboxylic acids is 2. The maximum Gasteiger partial charge on any atom is 0.264 e. The zero-order valence-electron chi connectivity index (χ0n) is 29.3. The van der Waals surface area contributed by atoms with Crippen LogP contribution in [0, 0.1) is 17.2 Å². The number of hydrogen-bond donors (Lipinski definition) is 2. The molecule has 0 aromatic heterocycles. The molecule has 2 aliphatic heterocycles. The summed E-state index contributed by atoms with van der Waals surface area (Å²) in [5.41, 5.74) is 2.26. The van der Waals surface area contributed by atoms with Crippen molar-refractivity contribution in [1.29, 1.82) is 5.26 Å². The Morgan fingerprint density at radius 2 is 1.60 bits per heavy atom. The number of rotatable bonds is 10. The second kappa shape index (κ2) is 25.9. The number of likely N-dealkylation sites (tertiary alicyclic amines) is 1. The summed E-state index contributed by atoms with van der Waals surface area (Å²) in [4.78, 5) is 31.2. The molecule has 8 nitrogen and oxygen atoms in total. The molecule has 2 amide bonds. The Hall–Kier alpha value is -2.54. The average Bonchev–Trinajstić information content (AvgIpc) is 3.66. The average molecular weight is 619 g/mol. The van der Waals surface area contributed by atoms with Gasteiger partial charge in [-0.05, 0) is 76.6 Å². The molecule has 2 saturated heterocycles. The van der Waals surface area contributed by atoms with Crippen LogP contribution in [0.3, 0.4) is 0 Å². The van der Waals surface area contributed by atoms with Crippen molar-refractivity contribution in [2.75, 3.05) is 65.7 Å². The quantitative estimate of drug-likeness (QED) is 0.230. The van der Waals surface area contributed by atoms with Gasteiger partial charge in [-0.15, -0.1) is 0 Å². The molecule has 2 aliphatic rings. The topological polar surface area (TPSA) is 91.7 Å². The van der Waals surface area contributed by atoms with E-state index in [1.807, 2.05) is 73.6 Å². The summed E-state index contributed by atoms with van der Waals surface area (Å²) in [5, 5.41) is 15.6. The SMILES string of the molecule is CC.CC.CC.CC(C)CNC(=O)/C(C#N)=C1\SC(CNc2ccc(CCN3CCCC3)cc2)C(=O)N1C.CCN(C)C. The van der Waals surface area contributed by atoms with Crippen molar-refractivity contribution < 1.29 is 9.59 Å². The van der Waals surface area contributed by atoms with E-state index in [4.69, 9.17) is 0 Å².